The molecule has 3 heterocycles. The largest absolute Gasteiger partial charge is 0.263 e. The lowest BCUT2D eigenvalue weighted by atomic mass is 10.3. The van der Waals surface area contributed by atoms with Crippen molar-refractivity contribution < 1.29 is 8.42 Å². The van der Waals surface area contributed by atoms with Crippen molar-refractivity contribution in [2.24, 2.45) is 0 Å². The maximum atomic E-state index is 12.0. The number of nitrogens with zero attached hydrogens (tertiary/aromatic N) is 4. The lowest BCUT2D eigenvalue weighted by molar-refractivity contribution is 0.581. The lowest BCUT2D eigenvalue weighted by Crippen LogP contribution is -2.26. The topological polar surface area (TPSA) is 89.8 Å². The van der Waals surface area contributed by atoms with E-state index in [1.165, 1.54) is 29.8 Å². The van der Waals surface area contributed by atoms with E-state index in [1.54, 1.807) is 16.9 Å². The van der Waals surface area contributed by atoms with Crippen molar-refractivity contribution in [3.05, 3.63) is 54.1 Å². The summed E-state index contributed by atoms with van der Waals surface area (Å²) < 4.78 is 28.3. The number of aromatic nitrogens is 4. The molecule has 0 saturated heterocycles. The summed E-state index contributed by atoms with van der Waals surface area (Å²) in [6.07, 6.45) is 6.86. The van der Waals surface area contributed by atoms with E-state index in [-0.39, 0.29) is 11.4 Å². The van der Waals surface area contributed by atoms with Crippen LogP contribution in [-0.2, 0) is 16.4 Å². The van der Waals surface area contributed by atoms with Gasteiger partial charge in [0.1, 0.15) is 4.90 Å². The number of hydrogen-bond donors (Lipinski definition) is 1. The van der Waals surface area contributed by atoms with Crippen LogP contribution in [0.1, 0.15) is 5.69 Å². The average molecular weight is 335 g/mol. The first-order valence-corrected chi connectivity index (χ1v) is 8.85. The Morgan fingerprint density at radius 2 is 2.18 bits per heavy atom. The van der Waals surface area contributed by atoms with Gasteiger partial charge in [-0.3, -0.25) is 4.98 Å². The molecular weight excluding hydrogens is 322 g/mol. The summed E-state index contributed by atoms with van der Waals surface area (Å²) in [5.41, 5.74) is 0.824. The molecule has 0 atom stereocenters. The fraction of sp³-hybridized carbons (Fsp3) is 0.154. The molecule has 0 aliphatic rings. The van der Waals surface area contributed by atoms with Gasteiger partial charge >= 0.3 is 0 Å². The quantitative estimate of drug-likeness (QED) is 0.732. The molecule has 9 heteroatoms. The zero-order valence-electron chi connectivity index (χ0n) is 11.5. The van der Waals surface area contributed by atoms with Crippen molar-refractivity contribution in [2.45, 2.75) is 11.3 Å². The molecule has 3 aromatic rings. The minimum Gasteiger partial charge on any atom is -0.263 e. The van der Waals surface area contributed by atoms with Gasteiger partial charge in [0.2, 0.25) is 15.2 Å². The third-order valence-electron chi connectivity index (χ3n) is 2.86. The van der Waals surface area contributed by atoms with Crippen molar-refractivity contribution in [3.63, 3.8) is 0 Å². The molecule has 1 N–H and O–H groups in total. The second-order valence-electron chi connectivity index (χ2n) is 4.41. The molecule has 0 aliphatic carbocycles. The number of sulfonamides is 1. The van der Waals surface area contributed by atoms with E-state index < -0.39 is 10.0 Å². The number of thiazole rings is 1. The highest BCUT2D eigenvalue weighted by Gasteiger charge is 2.13. The summed E-state index contributed by atoms with van der Waals surface area (Å²) in [5, 5.41) is 6.76. The monoisotopic (exact) mass is 335 g/mol. The Kier molecular flexibility index (Phi) is 4.27. The molecule has 0 aliphatic heterocycles. The third kappa shape index (κ3) is 3.38. The van der Waals surface area contributed by atoms with Crippen LogP contribution in [0.2, 0.25) is 0 Å². The van der Waals surface area contributed by atoms with Gasteiger partial charge < -0.3 is 0 Å². The minimum atomic E-state index is -3.52. The second kappa shape index (κ2) is 6.34. The Labute approximate surface area is 131 Å². The Morgan fingerprint density at radius 3 is 2.91 bits per heavy atom. The first-order chi connectivity index (χ1) is 10.6. The summed E-state index contributed by atoms with van der Waals surface area (Å²) in [7, 11) is -3.52. The second-order valence-corrected chi connectivity index (χ2v) is 7.01. The molecule has 0 bridgehead atoms. The summed E-state index contributed by atoms with van der Waals surface area (Å²) in [5.74, 6) is 0. The van der Waals surface area contributed by atoms with E-state index in [9.17, 15) is 8.42 Å². The van der Waals surface area contributed by atoms with Gasteiger partial charge in [0.05, 0.1) is 5.69 Å². The SMILES string of the molecule is O=S(=O)(NCCc1csc(-n2cccn2)n1)c1cccnc1. The van der Waals surface area contributed by atoms with Crippen LogP contribution >= 0.6 is 11.3 Å². The molecule has 114 valence electrons. The van der Waals surface area contributed by atoms with Crippen LogP contribution in [0.5, 0.6) is 0 Å². The van der Waals surface area contributed by atoms with E-state index in [0.717, 1.165) is 10.8 Å². The van der Waals surface area contributed by atoms with E-state index in [1.807, 2.05) is 17.6 Å². The van der Waals surface area contributed by atoms with Gasteiger partial charge in [-0.25, -0.2) is 22.8 Å². The molecule has 22 heavy (non-hydrogen) atoms. The van der Waals surface area contributed by atoms with Crippen LogP contribution in [0.25, 0.3) is 5.13 Å². The number of hydrogen-bond acceptors (Lipinski definition) is 6. The highest BCUT2D eigenvalue weighted by atomic mass is 32.2. The third-order valence-corrected chi connectivity index (χ3v) is 5.18. The fourth-order valence-electron chi connectivity index (χ4n) is 1.80. The first-order valence-electron chi connectivity index (χ1n) is 6.49. The standard InChI is InChI=1S/C13H13N5O2S2/c19-22(20,12-3-1-5-14-9-12)16-7-4-11-10-21-13(17-11)18-8-2-6-15-18/h1-3,5-6,8-10,16H,4,7H2. The maximum Gasteiger partial charge on any atom is 0.242 e. The smallest absolute Gasteiger partial charge is 0.242 e. The average Bonchev–Trinajstić information content (AvgIpc) is 3.19. The predicted octanol–water partition coefficient (Wildman–Crippen LogP) is 1.24. The molecule has 0 spiro atoms. The van der Waals surface area contributed by atoms with Crippen LogP contribution in [0.15, 0.2) is 53.3 Å². The van der Waals surface area contributed by atoms with Crippen molar-refractivity contribution in [2.75, 3.05) is 6.54 Å². The van der Waals surface area contributed by atoms with E-state index in [2.05, 4.69) is 19.8 Å². The van der Waals surface area contributed by atoms with Gasteiger partial charge in [-0.2, -0.15) is 5.10 Å². The zero-order valence-corrected chi connectivity index (χ0v) is 13.1. The van der Waals surface area contributed by atoms with Crippen molar-refractivity contribution in [3.8, 4) is 5.13 Å². The summed E-state index contributed by atoms with van der Waals surface area (Å²) >= 11 is 1.46. The zero-order chi connectivity index (χ0) is 15.4. The Balaban J connectivity index is 1.60. The number of pyridine rings is 1. The Morgan fingerprint density at radius 1 is 1.27 bits per heavy atom. The van der Waals surface area contributed by atoms with Crippen LogP contribution in [-0.4, -0.2) is 34.7 Å². The van der Waals surface area contributed by atoms with E-state index in [0.29, 0.717) is 6.42 Å². The van der Waals surface area contributed by atoms with Gasteiger partial charge in [-0.1, -0.05) is 0 Å². The molecule has 0 amide bonds. The van der Waals surface area contributed by atoms with Crippen molar-refractivity contribution in [1.29, 1.82) is 0 Å². The van der Waals surface area contributed by atoms with Gasteiger partial charge in [0, 0.05) is 43.1 Å². The van der Waals surface area contributed by atoms with Gasteiger partial charge in [-0.15, -0.1) is 11.3 Å². The van der Waals surface area contributed by atoms with Gasteiger partial charge in [-0.05, 0) is 18.2 Å². The molecule has 3 aromatic heterocycles. The fourth-order valence-corrected chi connectivity index (χ4v) is 3.59. The van der Waals surface area contributed by atoms with Crippen LogP contribution in [0.4, 0.5) is 0 Å². The minimum absolute atomic E-state index is 0.158. The molecule has 0 aromatic carbocycles. The summed E-state index contributed by atoms with van der Waals surface area (Å²) in [6, 6.07) is 4.92. The molecule has 3 rings (SSSR count). The van der Waals surface area contributed by atoms with Crippen molar-refractivity contribution >= 4 is 21.4 Å². The highest BCUT2D eigenvalue weighted by molar-refractivity contribution is 7.89. The van der Waals surface area contributed by atoms with Crippen LogP contribution < -0.4 is 4.72 Å². The van der Waals surface area contributed by atoms with Crippen LogP contribution in [0.3, 0.4) is 0 Å². The van der Waals surface area contributed by atoms with E-state index >= 15 is 0 Å². The predicted molar refractivity (Wildman–Crippen MR) is 82.4 cm³/mol. The molecule has 7 nitrogen and oxygen atoms in total. The molecule has 0 saturated carbocycles. The Bertz CT molecular complexity index is 828. The van der Waals surface area contributed by atoms with Crippen LogP contribution in [0, 0.1) is 0 Å². The molecule has 0 radical (unpaired) electrons. The van der Waals surface area contributed by atoms with Crippen molar-refractivity contribution in [1.82, 2.24) is 24.5 Å². The first kappa shape index (κ1) is 14.8. The normalized spacial score (nSPS) is 11.6. The maximum absolute atomic E-state index is 12.0. The Hall–Kier alpha value is -2.10. The van der Waals surface area contributed by atoms with E-state index in [4.69, 9.17) is 0 Å². The number of nitrogens with one attached hydrogen (secondary N) is 1. The summed E-state index contributed by atoms with van der Waals surface area (Å²) in [6.45, 7) is 0.277. The summed E-state index contributed by atoms with van der Waals surface area (Å²) in [4.78, 5) is 8.38. The van der Waals surface area contributed by atoms with Gasteiger partial charge in [0.15, 0.2) is 0 Å². The number of rotatable bonds is 6. The molecular formula is C13H13N5O2S2. The molecule has 0 fully saturated rings. The lowest BCUT2D eigenvalue weighted by Gasteiger charge is -2.04. The van der Waals surface area contributed by atoms with Gasteiger partial charge in [0.25, 0.3) is 0 Å². The highest BCUT2D eigenvalue weighted by Crippen LogP contribution is 2.14. The molecule has 0 unspecified atom stereocenters.